The Kier molecular flexibility index (Phi) is 6.33. The average Bonchev–Trinajstić information content (AvgIpc) is 3.18. The molecule has 3 aromatic rings. The second-order valence-electron chi connectivity index (χ2n) is 7.29. The molecule has 8 heteroatoms. The van der Waals surface area contributed by atoms with Crippen LogP contribution in [0.15, 0.2) is 42.5 Å². The summed E-state index contributed by atoms with van der Waals surface area (Å²) in [5.74, 6) is 1.22. The second-order valence-corrected chi connectivity index (χ2v) is 8.35. The zero-order valence-corrected chi connectivity index (χ0v) is 18.5. The van der Waals surface area contributed by atoms with Crippen LogP contribution < -0.4 is 14.8 Å². The van der Waals surface area contributed by atoms with Crippen molar-refractivity contribution in [2.75, 3.05) is 18.5 Å². The molecule has 2 heterocycles. The van der Waals surface area contributed by atoms with E-state index in [4.69, 9.17) is 15.9 Å². The highest BCUT2D eigenvalue weighted by molar-refractivity contribution is 7.15. The van der Waals surface area contributed by atoms with E-state index in [9.17, 15) is 19.1 Å². The van der Waals surface area contributed by atoms with Gasteiger partial charge in [0, 0.05) is 22.8 Å². The van der Waals surface area contributed by atoms with Gasteiger partial charge in [-0.3, -0.25) is 4.79 Å². The van der Waals surface area contributed by atoms with Crippen LogP contribution >= 0.6 is 11.3 Å². The zero-order valence-electron chi connectivity index (χ0n) is 17.7. The highest BCUT2D eigenvalue weighted by Crippen LogP contribution is 2.50. The van der Waals surface area contributed by atoms with Gasteiger partial charge in [0.15, 0.2) is 11.5 Å². The van der Waals surface area contributed by atoms with Gasteiger partial charge in [0.05, 0.1) is 12.3 Å². The van der Waals surface area contributed by atoms with Crippen LogP contribution in [-0.2, 0) is 4.79 Å². The van der Waals surface area contributed by atoms with Crippen LogP contribution in [0.1, 0.15) is 39.4 Å². The highest BCUT2D eigenvalue weighted by Gasteiger charge is 2.34. The molecule has 0 saturated carbocycles. The normalized spacial score (nSPS) is 14.7. The molecule has 33 heavy (non-hydrogen) atoms. The molecule has 0 spiro atoms. The fourth-order valence-corrected chi connectivity index (χ4v) is 5.09. The number of terminal acetylenes is 1. The lowest BCUT2D eigenvalue weighted by atomic mass is 9.88. The number of amides is 1. The number of hydrogen-bond acceptors (Lipinski definition) is 5. The van der Waals surface area contributed by atoms with Crippen molar-refractivity contribution >= 4 is 28.9 Å². The van der Waals surface area contributed by atoms with Crippen molar-refractivity contribution in [3.05, 3.63) is 63.6 Å². The lowest BCUT2D eigenvalue weighted by Gasteiger charge is -2.24. The Labute approximate surface area is 194 Å². The van der Waals surface area contributed by atoms with Gasteiger partial charge in [-0.05, 0) is 42.3 Å². The number of carbonyl (C=O) groups excluding carboxylic acids is 1. The zero-order chi connectivity index (χ0) is 23.5. The van der Waals surface area contributed by atoms with Crippen LogP contribution in [0, 0.1) is 18.2 Å². The second kappa shape index (κ2) is 9.35. The van der Waals surface area contributed by atoms with Crippen LogP contribution in [0.4, 0.5) is 10.1 Å². The third kappa shape index (κ3) is 4.41. The molecular formula is C25H20FNO5S. The van der Waals surface area contributed by atoms with E-state index in [2.05, 4.69) is 11.2 Å². The van der Waals surface area contributed by atoms with E-state index in [1.54, 1.807) is 12.1 Å². The minimum atomic E-state index is -1.12. The Morgan fingerprint density at radius 3 is 2.67 bits per heavy atom. The van der Waals surface area contributed by atoms with E-state index in [0.717, 1.165) is 16.9 Å². The maximum atomic E-state index is 13.5. The molecule has 1 aliphatic rings. The molecule has 0 bridgehead atoms. The van der Waals surface area contributed by atoms with Gasteiger partial charge in [0.2, 0.25) is 5.91 Å². The number of anilines is 1. The van der Waals surface area contributed by atoms with E-state index in [1.807, 2.05) is 13.0 Å². The highest BCUT2D eigenvalue weighted by atomic mass is 32.1. The first-order chi connectivity index (χ1) is 15.9. The fourth-order valence-electron chi connectivity index (χ4n) is 3.85. The Balaban J connectivity index is 1.84. The number of carboxylic acids is 1. The lowest BCUT2D eigenvalue weighted by molar-refractivity contribution is -0.116. The molecule has 0 fully saturated rings. The topological polar surface area (TPSA) is 84.9 Å². The van der Waals surface area contributed by atoms with Crippen LogP contribution in [-0.4, -0.2) is 30.2 Å². The number of carbonyl (C=O) groups is 2. The molecule has 168 valence electrons. The van der Waals surface area contributed by atoms with Crippen molar-refractivity contribution in [1.82, 2.24) is 0 Å². The number of benzene rings is 2. The third-order valence-corrected chi connectivity index (χ3v) is 6.51. The number of aromatic carboxylic acids is 1. The molecule has 1 aliphatic heterocycles. The molecule has 2 N–H and O–H groups in total. The van der Waals surface area contributed by atoms with Crippen molar-refractivity contribution in [3.63, 3.8) is 0 Å². The molecule has 6 nitrogen and oxygen atoms in total. The molecule has 1 amide bonds. The fraction of sp³-hybridized carbons (Fsp3) is 0.200. The first-order valence-corrected chi connectivity index (χ1v) is 11.0. The summed E-state index contributed by atoms with van der Waals surface area (Å²) in [6.07, 6.45) is 5.43. The lowest BCUT2D eigenvalue weighted by Crippen LogP contribution is -2.22. The van der Waals surface area contributed by atoms with Crippen LogP contribution in [0.2, 0.25) is 0 Å². The smallest absolute Gasteiger partial charge is 0.346 e. The van der Waals surface area contributed by atoms with Gasteiger partial charge >= 0.3 is 5.97 Å². The largest absolute Gasteiger partial charge is 0.490 e. The molecule has 0 aliphatic carbocycles. The number of hydrogen-bond donors (Lipinski definition) is 2. The van der Waals surface area contributed by atoms with Crippen molar-refractivity contribution in [3.8, 4) is 35.0 Å². The average molecular weight is 466 g/mol. The summed E-state index contributed by atoms with van der Waals surface area (Å²) >= 11 is 1.10. The minimum absolute atomic E-state index is 0.0813. The van der Waals surface area contributed by atoms with Gasteiger partial charge in [-0.2, -0.15) is 0 Å². The maximum Gasteiger partial charge on any atom is 0.346 e. The van der Waals surface area contributed by atoms with Gasteiger partial charge in [-0.25, -0.2) is 9.18 Å². The molecule has 1 atom stereocenters. The van der Waals surface area contributed by atoms with Gasteiger partial charge < -0.3 is 19.9 Å². The van der Waals surface area contributed by atoms with E-state index in [-0.39, 0.29) is 29.7 Å². The van der Waals surface area contributed by atoms with Crippen LogP contribution in [0.5, 0.6) is 11.5 Å². The first-order valence-electron chi connectivity index (χ1n) is 10.2. The molecule has 0 unspecified atom stereocenters. The van der Waals surface area contributed by atoms with Crippen LogP contribution in [0.3, 0.4) is 0 Å². The number of nitrogens with one attached hydrogen (secondary N) is 1. The van der Waals surface area contributed by atoms with Crippen LogP contribution in [0.25, 0.3) is 11.1 Å². The summed E-state index contributed by atoms with van der Waals surface area (Å²) in [5, 5.41) is 12.7. The summed E-state index contributed by atoms with van der Waals surface area (Å²) < 4.78 is 24.7. The molecular weight excluding hydrogens is 445 g/mol. The quantitative estimate of drug-likeness (QED) is 0.472. The molecule has 2 aromatic carbocycles. The van der Waals surface area contributed by atoms with Gasteiger partial charge in [0.25, 0.3) is 0 Å². The van der Waals surface area contributed by atoms with Crippen molar-refractivity contribution in [2.45, 2.75) is 19.3 Å². The monoisotopic (exact) mass is 465 g/mol. The Bertz CT molecular complexity index is 1260. The predicted octanol–water partition coefficient (Wildman–Crippen LogP) is 5.14. The number of thiophene rings is 1. The number of rotatable bonds is 7. The Morgan fingerprint density at radius 1 is 1.24 bits per heavy atom. The number of fused-ring (bicyclic) bond motifs is 1. The molecule has 0 saturated heterocycles. The molecule has 4 rings (SSSR count). The predicted molar refractivity (Wildman–Crippen MR) is 124 cm³/mol. The van der Waals surface area contributed by atoms with E-state index >= 15 is 0 Å². The van der Waals surface area contributed by atoms with E-state index in [1.165, 1.54) is 24.3 Å². The summed E-state index contributed by atoms with van der Waals surface area (Å²) in [6.45, 7) is 2.34. The Morgan fingerprint density at radius 2 is 2.00 bits per heavy atom. The van der Waals surface area contributed by atoms with Gasteiger partial charge in [-0.15, -0.1) is 17.8 Å². The third-order valence-electron chi connectivity index (χ3n) is 5.21. The summed E-state index contributed by atoms with van der Waals surface area (Å²) in [5.41, 5.74) is 2.11. The van der Waals surface area contributed by atoms with E-state index in [0.29, 0.717) is 39.8 Å². The van der Waals surface area contributed by atoms with Gasteiger partial charge in [0.1, 0.15) is 17.3 Å². The minimum Gasteiger partial charge on any atom is -0.490 e. The number of carboxylic acid groups (broad SMARTS) is 1. The standard InChI is InChI=1S/C25H20FNO5S/c1-3-11-32-18-10-7-15(12-19(18)31-4-2)17-13-20(28)27-22-21(14-5-8-16(26)9-6-14)24(25(29)30)33-23(17)22/h1,5-10,12,17H,4,11,13H2,2H3,(H,27,28)(H,29,30)/t17-/m1/s1. The van der Waals surface area contributed by atoms with Crippen molar-refractivity contribution < 1.29 is 28.6 Å². The molecule has 1 aromatic heterocycles. The molecule has 0 radical (unpaired) electrons. The number of ether oxygens (including phenoxy) is 2. The van der Waals surface area contributed by atoms with Crippen molar-refractivity contribution in [2.24, 2.45) is 0 Å². The summed E-state index contributed by atoms with van der Waals surface area (Å²) in [7, 11) is 0. The number of halogens is 1. The van der Waals surface area contributed by atoms with Crippen molar-refractivity contribution in [1.29, 1.82) is 0 Å². The van der Waals surface area contributed by atoms with E-state index < -0.39 is 11.8 Å². The summed E-state index contributed by atoms with van der Waals surface area (Å²) in [6, 6.07) is 10.9. The first kappa shape index (κ1) is 22.4. The maximum absolute atomic E-state index is 13.5. The summed E-state index contributed by atoms with van der Waals surface area (Å²) in [4.78, 5) is 25.5. The Hall–Kier alpha value is -3.83. The van der Waals surface area contributed by atoms with Gasteiger partial charge in [-0.1, -0.05) is 24.1 Å². The SMILES string of the molecule is C#CCOc1ccc([C@H]2CC(=O)Nc3c2sc(C(=O)O)c3-c2ccc(F)cc2)cc1OCC.